The summed E-state index contributed by atoms with van der Waals surface area (Å²) in [4.78, 5) is 12.6. The number of anilines is 1. The maximum absolute atomic E-state index is 13.7. The third-order valence-electron chi connectivity index (χ3n) is 4.15. The molecule has 27 heavy (non-hydrogen) atoms. The first-order valence-corrected chi connectivity index (χ1v) is 9.58. The molecular weight excluding hydrogens is 369 g/mol. The van der Waals surface area contributed by atoms with E-state index in [0.29, 0.717) is 11.3 Å². The van der Waals surface area contributed by atoms with Gasteiger partial charge in [-0.05, 0) is 31.5 Å². The highest BCUT2D eigenvalue weighted by atomic mass is 32.2. The van der Waals surface area contributed by atoms with E-state index in [9.17, 15) is 17.6 Å². The molecule has 8 heteroatoms. The van der Waals surface area contributed by atoms with E-state index in [1.54, 1.807) is 37.3 Å². The van der Waals surface area contributed by atoms with Gasteiger partial charge in [0, 0.05) is 17.5 Å². The Morgan fingerprint density at radius 2 is 1.81 bits per heavy atom. The van der Waals surface area contributed by atoms with E-state index in [1.165, 1.54) is 25.3 Å². The first kappa shape index (κ1) is 18.8. The Balaban J connectivity index is 1.89. The van der Waals surface area contributed by atoms with Gasteiger partial charge in [-0.15, -0.1) is 4.40 Å². The van der Waals surface area contributed by atoms with Gasteiger partial charge >= 0.3 is 10.2 Å². The molecule has 0 fully saturated rings. The molecule has 1 amide bonds. The van der Waals surface area contributed by atoms with Crippen LogP contribution in [-0.4, -0.2) is 24.3 Å². The fraction of sp³-hybridized carbons (Fsp3) is 0.158. The van der Waals surface area contributed by atoms with Crippen molar-refractivity contribution in [3.8, 4) is 0 Å². The summed E-state index contributed by atoms with van der Waals surface area (Å²) in [6.45, 7) is 3.05. The minimum atomic E-state index is -3.92. The maximum Gasteiger partial charge on any atom is 0.344 e. The van der Waals surface area contributed by atoms with Crippen molar-refractivity contribution in [3.63, 3.8) is 0 Å². The number of amides is 1. The van der Waals surface area contributed by atoms with Crippen molar-refractivity contribution in [3.05, 3.63) is 77.2 Å². The van der Waals surface area contributed by atoms with Crippen LogP contribution in [0.3, 0.4) is 0 Å². The minimum Gasteiger partial charge on any atom is -0.322 e. The molecule has 0 saturated heterocycles. The van der Waals surface area contributed by atoms with Crippen molar-refractivity contribution in [2.45, 2.75) is 20.4 Å². The molecule has 0 unspecified atom stereocenters. The SMILES string of the molecule is CC1=NS(=O)(=O)N(Cc2ccccc2)C=C1C(=O)Nc1cccc(F)c1C. The molecule has 1 heterocycles. The lowest BCUT2D eigenvalue weighted by atomic mass is 10.1. The summed E-state index contributed by atoms with van der Waals surface area (Å²) in [7, 11) is -3.92. The molecule has 0 atom stereocenters. The molecule has 1 aliphatic rings. The molecule has 0 radical (unpaired) electrons. The molecule has 0 spiro atoms. The Hall–Kier alpha value is -3.00. The van der Waals surface area contributed by atoms with Crippen LogP contribution in [-0.2, 0) is 21.5 Å². The van der Waals surface area contributed by atoms with E-state index in [4.69, 9.17) is 0 Å². The van der Waals surface area contributed by atoms with Crippen LogP contribution in [0.5, 0.6) is 0 Å². The predicted octanol–water partition coefficient (Wildman–Crippen LogP) is 3.18. The number of rotatable bonds is 4. The second-order valence-electron chi connectivity index (χ2n) is 6.09. The smallest absolute Gasteiger partial charge is 0.322 e. The lowest BCUT2D eigenvalue weighted by molar-refractivity contribution is -0.112. The van der Waals surface area contributed by atoms with Gasteiger partial charge in [-0.25, -0.2) is 4.39 Å². The third kappa shape index (κ3) is 4.06. The summed E-state index contributed by atoms with van der Waals surface area (Å²) in [5, 5.41) is 2.61. The molecule has 0 saturated carbocycles. The quantitative estimate of drug-likeness (QED) is 0.875. The number of nitrogens with zero attached hydrogens (tertiary/aromatic N) is 2. The van der Waals surface area contributed by atoms with E-state index in [2.05, 4.69) is 9.71 Å². The van der Waals surface area contributed by atoms with Gasteiger partial charge < -0.3 is 5.32 Å². The van der Waals surface area contributed by atoms with Gasteiger partial charge in [0.1, 0.15) is 5.82 Å². The van der Waals surface area contributed by atoms with Crippen LogP contribution in [0.1, 0.15) is 18.1 Å². The number of hydrogen-bond acceptors (Lipinski definition) is 3. The Labute approximate surface area is 157 Å². The van der Waals surface area contributed by atoms with Crippen LogP contribution < -0.4 is 5.32 Å². The summed E-state index contributed by atoms with van der Waals surface area (Å²) in [5.74, 6) is -0.998. The molecule has 1 aliphatic heterocycles. The molecule has 2 aromatic carbocycles. The number of halogens is 1. The van der Waals surface area contributed by atoms with E-state index in [-0.39, 0.29) is 17.8 Å². The van der Waals surface area contributed by atoms with E-state index >= 15 is 0 Å². The van der Waals surface area contributed by atoms with Gasteiger partial charge in [-0.3, -0.25) is 9.10 Å². The van der Waals surface area contributed by atoms with E-state index in [0.717, 1.165) is 9.87 Å². The fourth-order valence-electron chi connectivity index (χ4n) is 2.62. The second kappa shape index (κ2) is 7.32. The Morgan fingerprint density at radius 3 is 2.52 bits per heavy atom. The Kier molecular flexibility index (Phi) is 5.09. The van der Waals surface area contributed by atoms with Crippen LogP contribution in [0, 0.1) is 12.7 Å². The van der Waals surface area contributed by atoms with Crippen molar-refractivity contribution in [2.24, 2.45) is 4.40 Å². The molecular formula is C19H18FN3O3S. The monoisotopic (exact) mass is 387 g/mol. The van der Waals surface area contributed by atoms with Crippen molar-refractivity contribution >= 4 is 27.5 Å². The maximum atomic E-state index is 13.7. The van der Waals surface area contributed by atoms with Gasteiger partial charge in [0.05, 0.1) is 17.8 Å². The average Bonchev–Trinajstić information content (AvgIpc) is 2.61. The summed E-state index contributed by atoms with van der Waals surface area (Å²) < 4.78 is 43.1. The molecule has 0 aromatic heterocycles. The minimum absolute atomic E-state index is 0.0513. The Bertz CT molecular complexity index is 1050. The zero-order chi connectivity index (χ0) is 19.6. The van der Waals surface area contributed by atoms with E-state index < -0.39 is 21.9 Å². The van der Waals surface area contributed by atoms with Gasteiger partial charge in [0.25, 0.3) is 5.91 Å². The predicted molar refractivity (Wildman–Crippen MR) is 102 cm³/mol. The standard InChI is InChI=1S/C19H18FN3O3S/c1-13-17(20)9-6-10-18(13)21-19(24)16-12-23(27(25,26)22-14(16)2)11-15-7-4-3-5-8-15/h3-10,12H,11H2,1-2H3,(H,21,24). The third-order valence-corrected chi connectivity index (χ3v) is 5.49. The highest BCUT2D eigenvalue weighted by molar-refractivity contribution is 7.88. The Morgan fingerprint density at radius 1 is 1.11 bits per heavy atom. The van der Waals surface area contributed by atoms with Gasteiger partial charge in [0.15, 0.2) is 0 Å². The normalized spacial score (nSPS) is 15.7. The summed E-state index contributed by atoms with van der Waals surface area (Å²) in [6, 6.07) is 13.3. The lowest BCUT2D eigenvalue weighted by Gasteiger charge is -2.24. The summed E-state index contributed by atoms with van der Waals surface area (Å²) in [5.41, 5.74) is 1.55. The van der Waals surface area contributed by atoms with Crippen molar-refractivity contribution in [2.75, 3.05) is 5.32 Å². The highest BCUT2D eigenvalue weighted by Gasteiger charge is 2.28. The zero-order valence-electron chi connectivity index (χ0n) is 14.8. The molecule has 3 rings (SSSR count). The summed E-state index contributed by atoms with van der Waals surface area (Å²) >= 11 is 0. The van der Waals surface area contributed by atoms with Crippen LogP contribution in [0.15, 0.2) is 64.7 Å². The number of nitrogens with one attached hydrogen (secondary N) is 1. The van der Waals surface area contributed by atoms with Gasteiger partial charge in [-0.2, -0.15) is 8.42 Å². The first-order valence-electron chi connectivity index (χ1n) is 8.19. The lowest BCUT2D eigenvalue weighted by Crippen LogP contribution is -2.32. The molecule has 1 N–H and O–H groups in total. The van der Waals surface area contributed by atoms with Gasteiger partial charge in [0.2, 0.25) is 0 Å². The molecule has 0 aliphatic carbocycles. The van der Waals surface area contributed by atoms with Crippen LogP contribution in [0.25, 0.3) is 0 Å². The molecule has 6 nitrogen and oxygen atoms in total. The van der Waals surface area contributed by atoms with Crippen LogP contribution in [0.2, 0.25) is 0 Å². The van der Waals surface area contributed by atoms with Crippen molar-refractivity contribution in [1.82, 2.24) is 4.31 Å². The van der Waals surface area contributed by atoms with Crippen molar-refractivity contribution < 1.29 is 17.6 Å². The van der Waals surface area contributed by atoms with E-state index in [1.807, 2.05) is 6.07 Å². The topological polar surface area (TPSA) is 78.8 Å². The number of benzene rings is 2. The second-order valence-corrected chi connectivity index (χ2v) is 7.64. The molecule has 2 aromatic rings. The van der Waals surface area contributed by atoms with Gasteiger partial charge in [-0.1, -0.05) is 36.4 Å². The fourth-order valence-corrected chi connectivity index (χ4v) is 3.72. The largest absolute Gasteiger partial charge is 0.344 e. The van der Waals surface area contributed by atoms with Crippen LogP contribution in [0.4, 0.5) is 10.1 Å². The molecule has 140 valence electrons. The number of carbonyl (C=O) groups is 1. The summed E-state index contributed by atoms with van der Waals surface area (Å²) in [6.07, 6.45) is 1.26. The van der Waals surface area contributed by atoms with Crippen LogP contribution >= 0.6 is 0 Å². The average molecular weight is 387 g/mol. The first-order chi connectivity index (χ1) is 12.8. The number of carbonyl (C=O) groups excluding carboxylic acids is 1. The van der Waals surface area contributed by atoms with Crippen molar-refractivity contribution in [1.29, 1.82) is 0 Å². The molecule has 0 bridgehead atoms. The highest BCUT2D eigenvalue weighted by Crippen LogP contribution is 2.22. The zero-order valence-corrected chi connectivity index (χ0v) is 15.6. The number of hydrogen-bond donors (Lipinski definition) is 1.